The van der Waals surface area contributed by atoms with Crippen LogP contribution in [0.15, 0.2) is 19.2 Å². The predicted molar refractivity (Wildman–Crippen MR) is 84.4 cm³/mol. The third kappa shape index (κ3) is 3.67. The predicted octanol–water partition coefficient (Wildman–Crippen LogP) is 5.00. The van der Waals surface area contributed by atoms with Gasteiger partial charge in [-0.15, -0.1) is 11.3 Å². The van der Waals surface area contributed by atoms with Crippen LogP contribution in [0.4, 0.5) is 0 Å². The largest absolute Gasteiger partial charge is 0.481 e. The van der Waals surface area contributed by atoms with Crippen molar-refractivity contribution in [3.63, 3.8) is 0 Å². The van der Waals surface area contributed by atoms with E-state index in [0.717, 1.165) is 16.9 Å². The molecule has 0 amide bonds. The molecule has 0 aliphatic heterocycles. The summed E-state index contributed by atoms with van der Waals surface area (Å²) in [5, 5.41) is 8.71. The highest BCUT2D eigenvalue weighted by Crippen LogP contribution is 2.36. The van der Waals surface area contributed by atoms with Gasteiger partial charge in [-0.2, -0.15) is 0 Å². The molecule has 0 bridgehead atoms. The summed E-state index contributed by atoms with van der Waals surface area (Å²) in [6, 6.07) is 0. The Kier molecular flexibility index (Phi) is 5.77. The summed E-state index contributed by atoms with van der Waals surface area (Å²) in [5.74, 6) is -0.739. The van der Waals surface area contributed by atoms with E-state index in [1.807, 2.05) is 19.1 Å². The van der Waals surface area contributed by atoms with Crippen LogP contribution in [0.3, 0.4) is 0 Å². The smallest absolute Gasteiger partial charge is 0.303 e. The molecule has 1 aromatic heterocycles. The van der Waals surface area contributed by atoms with Gasteiger partial charge in [0.2, 0.25) is 0 Å². The molecule has 0 aromatic carbocycles. The van der Waals surface area contributed by atoms with Gasteiger partial charge >= 0.3 is 5.97 Å². The number of hydrogen-bond acceptors (Lipinski definition) is 2. The summed E-state index contributed by atoms with van der Waals surface area (Å²) in [4.78, 5) is 12.9. The van der Waals surface area contributed by atoms with Crippen LogP contribution in [0, 0.1) is 6.92 Å². The number of carboxylic acid groups (broad SMARTS) is 1. The Hall–Kier alpha value is -1.61. The van der Waals surface area contributed by atoms with Gasteiger partial charge in [-0.1, -0.05) is 31.4 Å². The van der Waals surface area contributed by atoms with Crippen molar-refractivity contribution >= 4 is 35.0 Å². The number of carbonyl (C=O) groups is 1. The monoisotopic (exact) mass is 276 g/mol. The maximum atomic E-state index is 10.6. The Morgan fingerprint density at radius 1 is 1.32 bits per heavy atom. The van der Waals surface area contributed by atoms with Crippen molar-refractivity contribution < 1.29 is 9.90 Å². The maximum absolute atomic E-state index is 10.6. The van der Waals surface area contributed by atoms with E-state index in [4.69, 9.17) is 5.11 Å². The van der Waals surface area contributed by atoms with Gasteiger partial charge in [0.05, 0.1) is 0 Å². The number of rotatable bonds is 7. The van der Waals surface area contributed by atoms with Crippen LogP contribution in [0.5, 0.6) is 0 Å². The van der Waals surface area contributed by atoms with Gasteiger partial charge in [-0.25, -0.2) is 0 Å². The second kappa shape index (κ2) is 7.10. The third-order valence-electron chi connectivity index (χ3n) is 3.09. The summed E-state index contributed by atoms with van der Waals surface area (Å²) in [5.41, 5.74) is 3.55. The summed E-state index contributed by atoms with van der Waals surface area (Å²) < 4.78 is 0. The maximum Gasteiger partial charge on any atom is 0.303 e. The van der Waals surface area contributed by atoms with E-state index in [-0.39, 0.29) is 6.42 Å². The van der Waals surface area contributed by atoms with Gasteiger partial charge in [0.15, 0.2) is 0 Å². The summed E-state index contributed by atoms with van der Waals surface area (Å²) >= 11 is 1.70. The van der Waals surface area contributed by atoms with Gasteiger partial charge in [0.25, 0.3) is 0 Å². The zero-order valence-corrected chi connectivity index (χ0v) is 12.3. The Balaban J connectivity index is 2.99. The first-order valence-electron chi connectivity index (χ1n) is 6.30. The molecule has 1 rings (SSSR count). The van der Waals surface area contributed by atoms with Crippen LogP contribution in [0.2, 0.25) is 0 Å². The molecule has 0 saturated heterocycles. The molecule has 1 aromatic rings. The van der Waals surface area contributed by atoms with Crippen molar-refractivity contribution in [1.82, 2.24) is 0 Å². The van der Waals surface area contributed by atoms with E-state index >= 15 is 0 Å². The van der Waals surface area contributed by atoms with Crippen LogP contribution in [-0.4, -0.2) is 11.1 Å². The van der Waals surface area contributed by atoms with Gasteiger partial charge in [0, 0.05) is 16.2 Å². The summed E-state index contributed by atoms with van der Waals surface area (Å²) in [6.07, 6.45) is 7.45. The second-order valence-electron chi connectivity index (χ2n) is 4.30. The molecule has 0 aliphatic rings. The van der Waals surface area contributed by atoms with Crippen molar-refractivity contribution in [1.29, 1.82) is 0 Å². The lowest BCUT2D eigenvalue weighted by Gasteiger charge is -2.05. The molecule has 0 radical (unpaired) electrons. The highest BCUT2D eigenvalue weighted by atomic mass is 32.1. The first kappa shape index (κ1) is 15.4. The van der Waals surface area contributed by atoms with E-state index in [2.05, 4.69) is 26.2 Å². The van der Waals surface area contributed by atoms with E-state index in [1.165, 1.54) is 16.0 Å². The van der Waals surface area contributed by atoms with Crippen molar-refractivity contribution in [2.75, 3.05) is 0 Å². The lowest BCUT2D eigenvalue weighted by molar-refractivity contribution is -0.137. The van der Waals surface area contributed by atoms with Crippen LogP contribution in [0.1, 0.15) is 47.1 Å². The number of carboxylic acids is 1. The van der Waals surface area contributed by atoms with Crippen LogP contribution in [0.25, 0.3) is 17.7 Å². The number of hydrogen-bond donors (Lipinski definition) is 1. The van der Waals surface area contributed by atoms with Crippen LogP contribution >= 0.6 is 11.3 Å². The second-order valence-corrected chi connectivity index (χ2v) is 5.36. The molecule has 3 heteroatoms. The topological polar surface area (TPSA) is 37.3 Å². The van der Waals surface area contributed by atoms with Crippen molar-refractivity contribution in [2.24, 2.45) is 0 Å². The first-order chi connectivity index (χ1) is 9.04. The van der Waals surface area contributed by atoms with Gasteiger partial charge in [-0.3, -0.25) is 4.79 Å². The zero-order chi connectivity index (χ0) is 14.4. The molecular formula is C16H20O2S. The minimum absolute atomic E-state index is 0.213. The minimum Gasteiger partial charge on any atom is -0.481 e. The quantitative estimate of drug-likeness (QED) is 0.760. The van der Waals surface area contributed by atoms with E-state index in [1.54, 1.807) is 11.3 Å². The molecule has 0 spiro atoms. The number of allylic oxidation sites excluding steroid dienone is 2. The molecule has 1 heterocycles. The molecule has 0 fully saturated rings. The average molecular weight is 276 g/mol. The zero-order valence-electron chi connectivity index (χ0n) is 11.5. The van der Waals surface area contributed by atoms with Gasteiger partial charge in [0.1, 0.15) is 0 Å². The Morgan fingerprint density at radius 2 is 2.00 bits per heavy atom. The van der Waals surface area contributed by atoms with Crippen molar-refractivity contribution in [3.05, 3.63) is 40.1 Å². The molecule has 0 unspecified atom stereocenters. The highest BCUT2D eigenvalue weighted by Gasteiger charge is 2.14. The fraction of sp³-hybridized carbons (Fsp3) is 0.312. The molecule has 2 nitrogen and oxygen atoms in total. The molecule has 1 N–H and O–H groups in total. The lowest BCUT2D eigenvalue weighted by atomic mass is 10.0. The van der Waals surface area contributed by atoms with Crippen LogP contribution < -0.4 is 0 Å². The molecule has 19 heavy (non-hydrogen) atoms. The molecule has 0 saturated carbocycles. The third-order valence-corrected chi connectivity index (χ3v) is 4.47. The van der Waals surface area contributed by atoms with Crippen LogP contribution in [-0.2, 0) is 4.79 Å². The highest BCUT2D eigenvalue weighted by molar-refractivity contribution is 7.14. The lowest BCUT2D eigenvalue weighted by Crippen LogP contribution is -1.94. The van der Waals surface area contributed by atoms with Crippen molar-refractivity contribution in [2.45, 2.75) is 33.1 Å². The van der Waals surface area contributed by atoms with E-state index in [9.17, 15) is 4.79 Å². The molecule has 102 valence electrons. The van der Waals surface area contributed by atoms with Gasteiger partial charge < -0.3 is 5.11 Å². The van der Waals surface area contributed by atoms with Crippen molar-refractivity contribution in [3.8, 4) is 0 Å². The fourth-order valence-electron chi connectivity index (χ4n) is 2.08. The average Bonchev–Trinajstić information content (AvgIpc) is 2.70. The summed E-state index contributed by atoms with van der Waals surface area (Å²) in [6.45, 7) is 11.8. The molecule has 0 atom stereocenters. The summed E-state index contributed by atoms with van der Waals surface area (Å²) in [7, 11) is 0. The molecule has 0 aliphatic carbocycles. The van der Waals surface area contributed by atoms with E-state index in [0.29, 0.717) is 6.42 Å². The Labute approximate surface area is 118 Å². The SMILES string of the molecule is C=Cc1sc(/C(=C\C)CCCC(=O)O)c(C)c1C=C. The number of thiophene rings is 1. The normalized spacial score (nSPS) is 11.4. The van der Waals surface area contributed by atoms with E-state index < -0.39 is 5.97 Å². The van der Waals surface area contributed by atoms with Gasteiger partial charge in [-0.05, 0) is 43.4 Å². The first-order valence-corrected chi connectivity index (χ1v) is 7.12. The number of aliphatic carboxylic acids is 1. The minimum atomic E-state index is -0.739. The Morgan fingerprint density at radius 3 is 2.42 bits per heavy atom. The fourth-order valence-corrected chi connectivity index (χ4v) is 3.34. The Bertz CT molecular complexity index is 521. The molecular weight excluding hydrogens is 256 g/mol. The standard InChI is InChI=1S/C16H20O2S/c1-5-12(9-8-10-15(17)18)16-11(4)13(6-2)14(7-3)19-16/h5-7H,2-3,8-10H2,1,4H3,(H,17,18)/b12-5-.